The Morgan fingerprint density at radius 3 is 2.38 bits per heavy atom. The van der Waals surface area contributed by atoms with E-state index >= 15 is 0 Å². The number of ether oxygens (including phenoxy) is 1. The molecule has 0 bridgehead atoms. The first kappa shape index (κ1) is 17.1. The van der Waals surface area contributed by atoms with Crippen LogP contribution in [0, 0.1) is 0 Å². The van der Waals surface area contributed by atoms with E-state index in [1.165, 1.54) is 13.3 Å². The molecule has 2 N–H and O–H groups in total. The van der Waals surface area contributed by atoms with Crippen molar-refractivity contribution >= 4 is 23.3 Å². The van der Waals surface area contributed by atoms with Crippen molar-refractivity contribution in [3.8, 4) is 5.75 Å². The molecular weight excluding hydrogens is 332 g/mol. The number of para-hydroxylation sites is 1. The van der Waals surface area contributed by atoms with Gasteiger partial charge in [-0.15, -0.1) is 0 Å². The SMILES string of the molecule is COc1ccccc1C(=O)Nc1ccc(NC(=O)c2ccccn2)cn1. The molecular formula is C19H16N4O3. The monoisotopic (exact) mass is 348 g/mol. The summed E-state index contributed by atoms with van der Waals surface area (Å²) in [6.07, 6.45) is 3.00. The van der Waals surface area contributed by atoms with Crippen LogP contribution in [0.3, 0.4) is 0 Å². The van der Waals surface area contributed by atoms with E-state index in [-0.39, 0.29) is 11.8 Å². The number of anilines is 2. The Hall–Kier alpha value is -3.74. The van der Waals surface area contributed by atoms with Gasteiger partial charge in [-0.05, 0) is 36.4 Å². The van der Waals surface area contributed by atoms with Crippen LogP contribution in [0.15, 0.2) is 67.0 Å². The quantitative estimate of drug-likeness (QED) is 0.739. The zero-order valence-electron chi connectivity index (χ0n) is 14.0. The van der Waals surface area contributed by atoms with Gasteiger partial charge in [0.25, 0.3) is 11.8 Å². The normalized spacial score (nSPS) is 10.0. The van der Waals surface area contributed by atoms with Crippen LogP contribution in [0.2, 0.25) is 0 Å². The van der Waals surface area contributed by atoms with Gasteiger partial charge in [0.05, 0.1) is 24.6 Å². The minimum atomic E-state index is -0.335. The lowest BCUT2D eigenvalue weighted by molar-refractivity contribution is 0.101. The molecule has 0 unspecified atom stereocenters. The molecule has 0 radical (unpaired) electrons. The molecule has 1 aromatic carbocycles. The van der Waals surface area contributed by atoms with Crippen LogP contribution < -0.4 is 15.4 Å². The van der Waals surface area contributed by atoms with Crippen LogP contribution in [-0.2, 0) is 0 Å². The van der Waals surface area contributed by atoms with E-state index in [1.807, 2.05) is 0 Å². The van der Waals surface area contributed by atoms with Crippen molar-refractivity contribution < 1.29 is 14.3 Å². The smallest absolute Gasteiger partial charge is 0.274 e. The molecule has 2 aromatic heterocycles. The second-order valence-corrected chi connectivity index (χ2v) is 5.26. The number of nitrogens with one attached hydrogen (secondary N) is 2. The molecule has 26 heavy (non-hydrogen) atoms. The molecule has 7 heteroatoms. The summed E-state index contributed by atoms with van der Waals surface area (Å²) < 4.78 is 5.17. The van der Waals surface area contributed by atoms with Crippen molar-refractivity contribution in [2.45, 2.75) is 0 Å². The number of nitrogens with zero attached hydrogens (tertiary/aromatic N) is 2. The van der Waals surface area contributed by atoms with Gasteiger partial charge in [-0.3, -0.25) is 14.6 Å². The van der Waals surface area contributed by atoms with Gasteiger partial charge < -0.3 is 15.4 Å². The average Bonchev–Trinajstić information content (AvgIpc) is 2.70. The van der Waals surface area contributed by atoms with E-state index < -0.39 is 0 Å². The standard InChI is InChI=1S/C19H16N4O3/c1-26-16-8-3-2-6-14(16)18(24)23-17-10-9-13(12-21-17)22-19(25)15-7-4-5-11-20-15/h2-12H,1H3,(H,22,25)(H,21,23,24). The number of hydrogen-bond donors (Lipinski definition) is 2. The Bertz CT molecular complexity index is 912. The predicted octanol–water partition coefficient (Wildman–Crippen LogP) is 2.99. The molecule has 0 saturated heterocycles. The second kappa shape index (κ2) is 7.89. The molecule has 2 amide bonds. The van der Waals surface area contributed by atoms with E-state index in [9.17, 15) is 9.59 Å². The first-order valence-electron chi connectivity index (χ1n) is 7.80. The number of carbonyl (C=O) groups excluding carboxylic acids is 2. The summed E-state index contributed by atoms with van der Waals surface area (Å²) in [6.45, 7) is 0. The third-order valence-electron chi connectivity index (χ3n) is 3.51. The fourth-order valence-corrected chi connectivity index (χ4v) is 2.25. The lowest BCUT2D eigenvalue weighted by Crippen LogP contribution is -2.15. The summed E-state index contributed by atoms with van der Waals surface area (Å²) >= 11 is 0. The molecule has 7 nitrogen and oxygen atoms in total. The van der Waals surface area contributed by atoms with Crippen molar-refractivity contribution in [3.05, 3.63) is 78.2 Å². The van der Waals surface area contributed by atoms with E-state index in [4.69, 9.17) is 4.74 Å². The number of carbonyl (C=O) groups is 2. The maximum atomic E-state index is 12.3. The summed E-state index contributed by atoms with van der Waals surface area (Å²) in [5.74, 6) is 0.166. The predicted molar refractivity (Wildman–Crippen MR) is 97.4 cm³/mol. The molecule has 2 heterocycles. The zero-order chi connectivity index (χ0) is 18.4. The molecule has 0 fully saturated rings. The Labute approximate surface area is 150 Å². The first-order valence-corrected chi connectivity index (χ1v) is 7.80. The lowest BCUT2D eigenvalue weighted by atomic mass is 10.2. The number of pyridine rings is 2. The number of amides is 2. The lowest BCUT2D eigenvalue weighted by Gasteiger charge is -2.09. The van der Waals surface area contributed by atoms with Crippen molar-refractivity contribution in [2.75, 3.05) is 17.7 Å². The maximum Gasteiger partial charge on any atom is 0.274 e. The number of rotatable bonds is 5. The Kier molecular flexibility index (Phi) is 5.19. The highest BCUT2D eigenvalue weighted by atomic mass is 16.5. The molecule has 0 atom stereocenters. The third-order valence-corrected chi connectivity index (χ3v) is 3.51. The third kappa shape index (κ3) is 4.02. The number of methoxy groups -OCH3 is 1. The van der Waals surface area contributed by atoms with Crippen molar-refractivity contribution in [3.63, 3.8) is 0 Å². The van der Waals surface area contributed by atoms with Crippen LogP contribution in [0.25, 0.3) is 0 Å². The van der Waals surface area contributed by atoms with Gasteiger partial charge in [0.15, 0.2) is 0 Å². The van der Waals surface area contributed by atoms with Crippen LogP contribution in [0.4, 0.5) is 11.5 Å². The Morgan fingerprint density at radius 1 is 0.885 bits per heavy atom. The topological polar surface area (TPSA) is 93.2 Å². The van der Waals surface area contributed by atoms with Gasteiger partial charge in [0.1, 0.15) is 17.3 Å². The van der Waals surface area contributed by atoms with Crippen LogP contribution >= 0.6 is 0 Å². The molecule has 3 rings (SSSR count). The van der Waals surface area contributed by atoms with Crippen molar-refractivity contribution in [1.29, 1.82) is 0 Å². The molecule has 0 saturated carbocycles. The van der Waals surface area contributed by atoms with E-state index in [2.05, 4.69) is 20.6 Å². The first-order chi connectivity index (χ1) is 12.7. The van der Waals surface area contributed by atoms with Gasteiger partial charge in [-0.25, -0.2) is 4.98 Å². The van der Waals surface area contributed by atoms with Crippen molar-refractivity contribution in [1.82, 2.24) is 9.97 Å². The summed E-state index contributed by atoms with van der Waals surface area (Å²) in [6, 6.07) is 15.2. The molecule has 3 aromatic rings. The summed E-state index contributed by atoms with van der Waals surface area (Å²) in [5.41, 5.74) is 1.21. The molecule has 0 spiro atoms. The molecule has 0 aliphatic carbocycles. The number of aromatic nitrogens is 2. The largest absolute Gasteiger partial charge is 0.496 e. The minimum Gasteiger partial charge on any atom is -0.496 e. The highest BCUT2D eigenvalue weighted by Crippen LogP contribution is 2.19. The maximum absolute atomic E-state index is 12.3. The highest BCUT2D eigenvalue weighted by molar-refractivity contribution is 6.06. The summed E-state index contributed by atoms with van der Waals surface area (Å²) in [5, 5.41) is 5.38. The van der Waals surface area contributed by atoms with Gasteiger partial charge in [-0.1, -0.05) is 18.2 Å². The minimum absolute atomic E-state index is 0.307. The van der Waals surface area contributed by atoms with Crippen molar-refractivity contribution in [2.24, 2.45) is 0 Å². The molecule has 130 valence electrons. The number of hydrogen-bond acceptors (Lipinski definition) is 5. The fourth-order valence-electron chi connectivity index (χ4n) is 2.25. The Morgan fingerprint density at radius 2 is 1.69 bits per heavy atom. The molecule has 0 aliphatic heterocycles. The van der Waals surface area contributed by atoms with E-state index in [0.717, 1.165) is 0 Å². The van der Waals surface area contributed by atoms with E-state index in [0.29, 0.717) is 28.5 Å². The second-order valence-electron chi connectivity index (χ2n) is 5.26. The molecule has 0 aliphatic rings. The number of benzene rings is 1. The van der Waals surface area contributed by atoms with Crippen LogP contribution in [-0.4, -0.2) is 28.9 Å². The fraction of sp³-hybridized carbons (Fsp3) is 0.0526. The summed E-state index contributed by atoms with van der Waals surface area (Å²) in [7, 11) is 1.50. The summed E-state index contributed by atoms with van der Waals surface area (Å²) in [4.78, 5) is 32.5. The average molecular weight is 348 g/mol. The van der Waals surface area contributed by atoms with E-state index in [1.54, 1.807) is 60.8 Å². The van der Waals surface area contributed by atoms with Gasteiger partial charge in [-0.2, -0.15) is 0 Å². The van der Waals surface area contributed by atoms with Crippen LogP contribution in [0.5, 0.6) is 5.75 Å². The zero-order valence-corrected chi connectivity index (χ0v) is 14.0. The van der Waals surface area contributed by atoms with Gasteiger partial charge in [0, 0.05) is 6.20 Å². The Balaban J connectivity index is 1.66. The highest BCUT2D eigenvalue weighted by Gasteiger charge is 2.12. The van der Waals surface area contributed by atoms with Gasteiger partial charge in [0.2, 0.25) is 0 Å². The van der Waals surface area contributed by atoms with Gasteiger partial charge >= 0.3 is 0 Å². The van der Waals surface area contributed by atoms with Crippen LogP contribution in [0.1, 0.15) is 20.8 Å².